The lowest BCUT2D eigenvalue weighted by molar-refractivity contribution is 0.626. The SMILES string of the molecule is N[C@@H](c1ccc(F)cc1)c1nc(-c2ccc(Cl)cc2)n[nH]1. The van der Waals surface area contributed by atoms with Crippen molar-refractivity contribution < 1.29 is 4.39 Å². The summed E-state index contributed by atoms with van der Waals surface area (Å²) in [5, 5.41) is 7.62. The molecule has 3 rings (SSSR count). The minimum atomic E-state index is -0.487. The normalized spacial score (nSPS) is 12.3. The molecule has 3 aromatic rings. The number of rotatable bonds is 3. The first-order valence-electron chi connectivity index (χ1n) is 6.33. The van der Waals surface area contributed by atoms with Crippen LogP contribution in [0.15, 0.2) is 48.5 Å². The highest BCUT2D eigenvalue weighted by atomic mass is 35.5. The fourth-order valence-electron chi connectivity index (χ4n) is 1.97. The number of aromatic amines is 1. The predicted octanol–water partition coefficient (Wildman–Crippen LogP) is 3.31. The number of nitrogens with one attached hydrogen (secondary N) is 1. The van der Waals surface area contributed by atoms with E-state index in [1.54, 1.807) is 24.3 Å². The molecule has 4 nitrogen and oxygen atoms in total. The van der Waals surface area contributed by atoms with E-state index in [1.807, 2.05) is 12.1 Å². The van der Waals surface area contributed by atoms with Crippen LogP contribution in [0.5, 0.6) is 0 Å². The molecule has 0 spiro atoms. The number of H-pyrrole nitrogens is 1. The van der Waals surface area contributed by atoms with Gasteiger partial charge in [-0.1, -0.05) is 23.7 Å². The number of halogens is 2. The van der Waals surface area contributed by atoms with E-state index in [-0.39, 0.29) is 5.82 Å². The minimum absolute atomic E-state index is 0.301. The molecule has 1 atom stereocenters. The van der Waals surface area contributed by atoms with Gasteiger partial charge < -0.3 is 5.73 Å². The largest absolute Gasteiger partial charge is 0.318 e. The Kier molecular flexibility index (Phi) is 3.68. The Labute approximate surface area is 125 Å². The van der Waals surface area contributed by atoms with Crippen molar-refractivity contribution in [3.63, 3.8) is 0 Å². The average Bonchev–Trinajstić information content (AvgIpc) is 2.98. The number of nitrogens with zero attached hydrogens (tertiary/aromatic N) is 2. The lowest BCUT2D eigenvalue weighted by atomic mass is 10.1. The van der Waals surface area contributed by atoms with Crippen LogP contribution in [-0.4, -0.2) is 15.2 Å². The summed E-state index contributed by atoms with van der Waals surface area (Å²) < 4.78 is 12.9. The van der Waals surface area contributed by atoms with Crippen LogP contribution in [0.25, 0.3) is 11.4 Å². The Hall–Kier alpha value is -2.24. The van der Waals surface area contributed by atoms with E-state index in [0.29, 0.717) is 16.7 Å². The Morgan fingerprint density at radius 1 is 1.05 bits per heavy atom. The van der Waals surface area contributed by atoms with Crippen LogP contribution >= 0.6 is 11.6 Å². The second kappa shape index (κ2) is 5.63. The molecule has 2 aromatic carbocycles. The summed E-state index contributed by atoms with van der Waals surface area (Å²) >= 11 is 5.85. The molecule has 0 saturated carbocycles. The highest BCUT2D eigenvalue weighted by Gasteiger charge is 2.14. The van der Waals surface area contributed by atoms with Crippen molar-refractivity contribution in [2.75, 3.05) is 0 Å². The number of benzene rings is 2. The Morgan fingerprint density at radius 3 is 2.38 bits per heavy atom. The fourth-order valence-corrected chi connectivity index (χ4v) is 2.10. The molecule has 0 bridgehead atoms. The zero-order chi connectivity index (χ0) is 14.8. The van der Waals surface area contributed by atoms with Crippen LogP contribution in [0.4, 0.5) is 4.39 Å². The van der Waals surface area contributed by atoms with Gasteiger partial charge in [-0.05, 0) is 42.0 Å². The van der Waals surface area contributed by atoms with Crippen molar-refractivity contribution in [2.24, 2.45) is 5.73 Å². The second-order valence-corrected chi connectivity index (χ2v) is 5.02. The van der Waals surface area contributed by atoms with E-state index < -0.39 is 6.04 Å². The summed E-state index contributed by atoms with van der Waals surface area (Å²) in [4.78, 5) is 4.38. The zero-order valence-electron chi connectivity index (χ0n) is 10.9. The zero-order valence-corrected chi connectivity index (χ0v) is 11.7. The Bertz CT molecular complexity index is 737. The highest BCUT2D eigenvalue weighted by molar-refractivity contribution is 6.30. The summed E-state index contributed by atoms with van der Waals surface area (Å²) in [7, 11) is 0. The van der Waals surface area contributed by atoms with Crippen LogP contribution in [0.2, 0.25) is 5.02 Å². The molecule has 0 amide bonds. The van der Waals surface area contributed by atoms with Crippen LogP contribution < -0.4 is 5.73 Å². The van der Waals surface area contributed by atoms with Gasteiger partial charge in [-0.15, -0.1) is 0 Å². The van der Waals surface area contributed by atoms with Crippen LogP contribution in [-0.2, 0) is 0 Å². The lowest BCUT2D eigenvalue weighted by Gasteiger charge is -2.07. The summed E-state index contributed by atoms with van der Waals surface area (Å²) in [6, 6.07) is 12.7. The molecular weight excluding hydrogens is 291 g/mol. The first kappa shape index (κ1) is 13.7. The van der Waals surface area contributed by atoms with E-state index in [0.717, 1.165) is 11.1 Å². The first-order chi connectivity index (χ1) is 10.1. The number of hydrogen-bond donors (Lipinski definition) is 2. The van der Waals surface area contributed by atoms with Crippen LogP contribution in [0.3, 0.4) is 0 Å². The molecule has 0 aliphatic rings. The van der Waals surface area contributed by atoms with E-state index in [2.05, 4.69) is 15.2 Å². The lowest BCUT2D eigenvalue weighted by Crippen LogP contribution is -2.13. The van der Waals surface area contributed by atoms with Gasteiger partial charge in [0.25, 0.3) is 0 Å². The van der Waals surface area contributed by atoms with Crippen molar-refractivity contribution in [3.8, 4) is 11.4 Å². The van der Waals surface area contributed by atoms with Crippen molar-refractivity contribution >= 4 is 11.6 Å². The molecule has 21 heavy (non-hydrogen) atoms. The molecule has 0 aliphatic carbocycles. The molecule has 6 heteroatoms. The molecule has 0 unspecified atom stereocenters. The van der Waals surface area contributed by atoms with Gasteiger partial charge in [0, 0.05) is 10.6 Å². The van der Waals surface area contributed by atoms with Crippen molar-refractivity contribution in [2.45, 2.75) is 6.04 Å². The molecule has 1 aromatic heterocycles. The van der Waals surface area contributed by atoms with E-state index in [4.69, 9.17) is 17.3 Å². The van der Waals surface area contributed by atoms with Crippen LogP contribution in [0, 0.1) is 5.82 Å². The molecular formula is C15H12ClFN4. The third kappa shape index (κ3) is 2.94. The topological polar surface area (TPSA) is 67.6 Å². The van der Waals surface area contributed by atoms with Crippen molar-refractivity contribution in [1.82, 2.24) is 15.2 Å². The molecule has 1 heterocycles. The Balaban J connectivity index is 1.87. The summed E-state index contributed by atoms with van der Waals surface area (Å²) in [6.07, 6.45) is 0. The van der Waals surface area contributed by atoms with Gasteiger partial charge >= 0.3 is 0 Å². The molecule has 0 saturated heterocycles. The summed E-state index contributed by atoms with van der Waals surface area (Å²) in [5.41, 5.74) is 7.70. The van der Waals surface area contributed by atoms with Gasteiger partial charge in [-0.2, -0.15) is 5.10 Å². The highest BCUT2D eigenvalue weighted by Crippen LogP contribution is 2.21. The molecule has 106 valence electrons. The van der Waals surface area contributed by atoms with E-state index in [1.165, 1.54) is 12.1 Å². The van der Waals surface area contributed by atoms with Gasteiger partial charge in [-0.3, -0.25) is 5.10 Å². The van der Waals surface area contributed by atoms with E-state index in [9.17, 15) is 4.39 Å². The standard InChI is InChI=1S/C15H12ClFN4/c16-11-5-1-10(2-6-11)14-19-15(21-20-14)13(18)9-3-7-12(17)8-4-9/h1-8,13H,18H2,(H,19,20,21)/t13-/m0/s1. The van der Waals surface area contributed by atoms with E-state index >= 15 is 0 Å². The van der Waals surface area contributed by atoms with Gasteiger partial charge in [0.15, 0.2) is 5.82 Å². The van der Waals surface area contributed by atoms with Crippen molar-refractivity contribution in [3.05, 3.63) is 70.8 Å². The molecule has 0 fully saturated rings. The van der Waals surface area contributed by atoms with Gasteiger partial charge in [-0.25, -0.2) is 9.37 Å². The number of aromatic nitrogens is 3. The summed E-state index contributed by atoms with van der Waals surface area (Å²) in [6.45, 7) is 0. The summed E-state index contributed by atoms with van der Waals surface area (Å²) in [5.74, 6) is 0.760. The molecule has 0 aliphatic heterocycles. The monoisotopic (exact) mass is 302 g/mol. The Morgan fingerprint density at radius 2 is 1.71 bits per heavy atom. The maximum Gasteiger partial charge on any atom is 0.181 e. The quantitative estimate of drug-likeness (QED) is 0.780. The number of nitrogens with two attached hydrogens (primary N) is 1. The first-order valence-corrected chi connectivity index (χ1v) is 6.70. The molecule has 3 N–H and O–H groups in total. The third-order valence-corrected chi connectivity index (χ3v) is 3.38. The molecule has 0 radical (unpaired) electrons. The predicted molar refractivity (Wildman–Crippen MR) is 79.3 cm³/mol. The average molecular weight is 303 g/mol. The maximum absolute atomic E-state index is 12.9. The number of hydrogen-bond acceptors (Lipinski definition) is 3. The van der Waals surface area contributed by atoms with Crippen molar-refractivity contribution in [1.29, 1.82) is 0 Å². The smallest absolute Gasteiger partial charge is 0.181 e. The van der Waals surface area contributed by atoms with Crippen LogP contribution in [0.1, 0.15) is 17.4 Å². The van der Waals surface area contributed by atoms with Gasteiger partial charge in [0.05, 0.1) is 6.04 Å². The fraction of sp³-hybridized carbons (Fsp3) is 0.0667. The third-order valence-electron chi connectivity index (χ3n) is 3.13. The van der Waals surface area contributed by atoms with Gasteiger partial charge in [0.2, 0.25) is 0 Å². The van der Waals surface area contributed by atoms with Gasteiger partial charge in [0.1, 0.15) is 11.6 Å². The second-order valence-electron chi connectivity index (χ2n) is 4.58. The minimum Gasteiger partial charge on any atom is -0.318 e. The maximum atomic E-state index is 12.9.